The fourth-order valence-corrected chi connectivity index (χ4v) is 2.23. The second-order valence-corrected chi connectivity index (χ2v) is 5.19. The summed E-state index contributed by atoms with van der Waals surface area (Å²) in [6.45, 7) is 2.80. The summed E-state index contributed by atoms with van der Waals surface area (Å²) in [7, 11) is 4.08. The maximum Gasteiger partial charge on any atom is 0.236 e. The number of hydrogen-bond acceptors (Lipinski definition) is 3. The average Bonchev–Trinajstić information content (AvgIpc) is 3.11. The molecule has 1 aliphatic carbocycles. The molecule has 1 amide bonds. The van der Waals surface area contributed by atoms with E-state index in [1.807, 2.05) is 11.9 Å². The highest BCUT2D eigenvalue weighted by Crippen LogP contribution is 2.25. The zero-order valence-electron chi connectivity index (χ0n) is 10.4. The van der Waals surface area contributed by atoms with E-state index in [0.29, 0.717) is 18.6 Å². The summed E-state index contributed by atoms with van der Waals surface area (Å²) in [5.74, 6) is 0.251. The second-order valence-electron chi connectivity index (χ2n) is 5.19. The second kappa shape index (κ2) is 5.15. The van der Waals surface area contributed by atoms with E-state index in [1.165, 1.54) is 12.8 Å². The standard InChI is InChI=1S/C12H23N3O/c1-14-7-5-10(6-8-14)13-9-12(16)15(2)11-3-4-11/h10-11,13H,3-9H2,1-2H3. The summed E-state index contributed by atoms with van der Waals surface area (Å²) < 4.78 is 0. The zero-order chi connectivity index (χ0) is 11.5. The Morgan fingerprint density at radius 3 is 2.50 bits per heavy atom. The average molecular weight is 225 g/mol. The van der Waals surface area contributed by atoms with Crippen LogP contribution in [0.1, 0.15) is 25.7 Å². The minimum atomic E-state index is 0.251. The van der Waals surface area contributed by atoms with E-state index in [0.717, 1.165) is 25.9 Å². The monoisotopic (exact) mass is 225 g/mol. The van der Waals surface area contributed by atoms with Gasteiger partial charge >= 0.3 is 0 Å². The molecule has 1 N–H and O–H groups in total. The molecule has 16 heavy (non-hydrogen) atoms. The van der Waals surface area contributed by atoms with Crippen molar-refractivity contribution >= 4 is 5.91 Å². The Morgan fingerprint density at radius 1 is 1.31 bits per heavy atom. The fourth-order valence-electron chi connectivity index (χ4n) is 2.23. The van der Waals surface area contributed by atoms with Crippen LogP contribution in [0.15, 0.2) is 0 Å². The van der Waals surface area contributed by atoms with Crippen molar-refractivity contribution in [2.75, 3.05) is 33.7 Å². The number of carbonyl (C=O) groups excluding carboxylic acids is 1. The minimum Gasteiger partial charge on any atom is -0.342 e. The van der Waals surface area contributed by atoms with Crippen molar-refractivity contribution in [1.29, 1.82) is 0 Å². The van der Waals surface area contributed by atoms with Gasteiger partial charge < -0.3 is 15.1 Å². The van der Waals surface area contributed by atoms with Crippen molar-refractivity contribution in [3.05, 3.63) is 0 Å². The van der Waals surface area contributed by atoms with E-state index >= 15 is 0 Å². The van der Waals surface area contributed by atoms with Crippen LogP contribution in [0.4, 0.5) is 0 Å². The number of amides is 1. The Kier molecular flexibility index (Phi) is 3.82. The Bertz CT molecular complexity index is 245. The lowest BCUT2D eigenvalue weighted by Crippen LogP contribution is -2.45. The molecular weight excluding hydrogens is 202 g/mol. The van der Waals surface area contributed by atoms with E-state index < -0.39 is 0 Å². The van der Waals surface area contributed by atoms with E-state index in [1.54, 1.807) is 0 Å². The molecule has 0 aromatic carbocycles. The Morgan fingerprint density at radius 2 is 1.94 bits per heavy atom. The van der Waals surface area contributed by atoms with Gasteiger partial charge in [-0.25, -0.2) is 0 Å². The normalized spacial score (nSPS) is 23.4. The minimum absolute atomic E-state index is 0.251. The quantitative estimate of drug-likeness (QED) is 0.747. The molecule has 4 heteroatoms. The van der Waals surface area contributed by atoms with E-state index in [2.05, 4.69) is 17.3 Å². The summed E-state index contributed by atoms with van der Waals surface area (Å²) in [6.07, 6.45) is 4.71. The molecule has 0 atom stereocenters. The first-order chi connectivity index (χ1) is 7.66. The molecule has 2 aliphatic rings. The molecule has 0 unspecified atom stereocenters. The largest absolute Gasteiger partial charge is 0.342 e. The summed E-state index contributed by atoms with van der Waals surface area (Å²) in [4.78, 5) is 16.0. The van der Waals surface area contributed by atoms with Crippen molar-refractivity contribution in [3.63, 3.8) is 0 Å². The van der Waals surface area contributed by atoms with Gasteiger partial charge in [0, 0.05) is 19.1 Å². The Hall–Kier alpha value is -0.610. The number of nitrogens with one attached hydrogen (secondary N) is 1. The van der Waals surface area contributed by atoms with Gasteiger partial charge in [-0.15, -0.1) is 0 Å². The van der Waals surface area contributed by atoms with Gasteiger partial charge in [0.2, 0.25) is 5.91 Å². The van der Waals surface area contributed by atoms with Crippen molar-refractivity contribution in [2.24, 2.45) is 0 Å². The molecule has 2 rings (SSSR count). The number of rotatable bonds is 4. The number of carbonyl (C=O) groups is 1. The first kappa shape index (κ1) is 11.9. The fraction of sp³-hybridized carbons (Fsp3) is 0.917. The molecule has 0 radical (unpaired) electrons. The summed E-state index contributed by atoms with van der Waals surface area (Å²) in [5, 5.41) is 3.39. The van der Waals surface area contributed by atoms with Gasteiger partial charge in [0.1, 0.15) is 0 Å². The van der Waals surface area contributed by atoms with E-state index in [9.17, 15) is 4.79 Å². The topological polar surface area (TPSA) is 35.6 Å². The van der Waals surface area contributed by atoms with Crippen molar-refractivity contribution in [2.45, 2.75) is 37.8 Å². The van der Waals surface area contributed by atoms with Crippen molar-refractivity contribution in [1.82, 2.24) is 15.1 Å². The highest BCUT2D eigenvalue weighted by molar-refractivity contribution is 5.78. The lowest BCUT2D eigenvalue weighted by molar-refractivity contribution is -0.129. The summed E-state index contributed by atoms with van der Waals surface area (Å²) in [6, 6.07) is 1.07. The van der Waals surface area contributed by atoms with Crippen LogP contribution in [0.25, 0.3) is 0 Å². The predicted octanol–water partition coefficient (Wildman–Crippen LogP) is 0.291. The first-order valence-electron chi connectivity index (χ1n) is 6.34. The number of nitrogens with zero attached hydrogens (tertiary/aromatic N) is 2. The molecule has 1 saturated heterocycles. The summed E-state index contributed by atoms with van der Waals surface area (Å²) in [5.41, 5.74) is 0. The third-order valence-corrected chi connectivity index (χ3v) is 3.75. The van der Waals surface area contributed by atoms with E-state index in [-0.39, 0.29) is 5.91 Å². The molecule has 0 aromatic heterocycles. The predicted molar refractivity (Wildman–Crippen MR) is 64.3 cm³/mol. The van der Waals surface area contributed by atoms with Gasteiger partial charge in [0.25, 0.3) is 0 Å². The van der Waals surface area contributed by atoms with Gasteiger partial charge in [0.05, 0.1) is 6.54 Å². The third kappa shape index (κ3) is 3.19. The molecule has 1 saturated carbocycles. The van der Waals surface area contributed by atoms with Crippen LogP contribution in [-0.4, -0.2) is 61.5 Å². The van der Waals surface area contributed by atoms with Gasteiger partial charge in [-0.05, 0) is 45.8 Å². The smallest absolute Gasteiger partial charge is 0.236 e. The molecule has 1 aliphatic heterocycles. The maximum absolute atomic E-state index is 11.8. The van der Waals surface area contributed by atoms with Gasteiger partial charge in [-0.3, -0.25) is 4.79 Å². The van der Waals surface area contributed by atoms with Gasteiger partial charge in [0.15, 0.2) is 0 Å². The SMILES string of the molecule is CN1CCC(NCC(=O)N(C)C2CC2)CC1. The Labute approximate surface area is 98.0 Å². The van der Waals surface area contributed by atoms with Crippen LogP contribution in [-0.2, 0) is 4.79 Å². The van der Waals surface area contributed by atoms with E-state index in [4.69, 9.17) is 0 Å². The van der Waals surface area contributed by atoms with Crippen molar-refractivity contribution < 1.29 is 4.79 Å². The van der Waals surface area contributed by atoms with Crippen LogP contribution in [0.2, 0.25) is 0 Å². The molecule has 4 nitrogen and oxygen atoms in total. The van der Waals surface area contributed by atoms with Crippen molar-refractivity contribution in [3.8, 4) is 0 Å². The van der Waals surface area contributed by atoms with Crippen LogP contribution in [0, 0.1) is 0 Å². The lowest BCUT2D eigenvalue weighted by atomic mass is 10.1. The first-order valence-corrected chi connectivity index (χ1v) is 6.34. The zero-order valence-corrected chi connectivity index (χ0v) is 10.4. The third-order valence-electron chi connectivity index (χ3n) is 3.75. The molecule has 0 spiro atoms. The van der Waals surface area contributed by atoms with Gasteiger partial charge in [-0.2, -0.15) is 0 Å². The Balaban J connectivity index is 1.64. The lowest BCUT2D eigenvalue weighted by Gasteiger charge is -2.30. The highest BCUT2D eigenvalue weighted by Gasteiger charge is 2.29. The molecule has 92 valence electrons. The number of likely N-dealkylation sites (tertiary alicyclic amines) is 1. The molecule has 1 heterocycles. The van der Waals surface area contributed by atoms with Crippen LogP contribution in [0.5, 0.6) is 0 Å². The molecule has 2 fully saturated rings. The molecule has 0 aromatic rings. The maximum atomic E-state index is 11.8. The van der Waals surface area contributed by atoms with Crippen LogP contribution in [0.3, 0.4) is 0 Å². The molecule has 0 bridgehead atoms. The van der Waals surface area contributed by atoms with Crippen LogP contribution >= 0.6 is 0 Å². The summed E-state index contributed by atoms with van der Waals surface area (Å²) >= 11 is 0. The number of likely N-dealkylation sites (N-methyl/N-ethyl adjacent to an activating group) is 1. The molecular formula is C12H23N3O. The number of piperidine rings is 1. The van der Waals surface area contributed by atoms with Gasteiger partial charge in [-0.1, -0.05) is 0 Å². The van der Waals surface area contributed by atoms with Crippen LogP contribution < -0.4 is 5.32 Å². The highest BCUT2D eigenvalue weighted by atomic mass is 16.2. The number of hydrogen-bond donors (Lipinski definition) is 1.